The Labute approximate surface area is 286 Å². The van der Waals surface area contributed by atoms with Gasteiger partial charge in [0.25, 0.3) is 0 Å². The molecular weight excluding hydrogens is 633 g/mol. The van der Waals surface area contributed by atoms with Crippen LogP contribution in [0.5, 0.6) is 0 Å². The van der Waals surface area contributed by atoms with E-state index in [0.29, 0.717) is 58.3 Å². The number of amides is 2. The van der Waals surface area contributed by atoms with Crippen molar-refractivity contribution < 1.29 is 37.7 Å². The molecule has 4 fully saturated rings. The predicted octanol–water partition coefficient (Wildman–Crippen LogP) is 7.27. The van der Waals surface area contributed by atoms with Gasteiger partial charge in [-0.1, -0.05) is 80.9 Å². The van der Waals surface area contributed by atoms with E-state index in [0.717, 1.165) is 27.8 Å². The van der Waals surface area contributed by atoms with Crippen LogP contribution >= 0.6 is 0 Å². The number of benzene rings is 2. The number of fused-ring (bicyclic) bond motifs is 4. The summed E-state index contributed by atoms with van der Waals surface area (Å²) in [6.45, 7) is 7.57. The highest BCUT2D eigenvalue weighted by atomic mass is 19.4. The number of allylic oxidation sites excluding steroid dienone is 1. The molecule has 10 heteroatoms. The van der Waals surface area contributed by atoms with E-state index < -0.39 is 34.5 Å². The van der Waals surface area contributed by atoms with Gasteiger partial charge in [0.05, 0.1) is 18.8 Å². The fourth-order valence-corrected chi connectivity index (χ4v) is 9.91. The molecule has 2 aromatic carbocycles. The molecule has 4 N–H and O–H groups in total. The number of hydrogen-bond donors (Lipinski definition) is 4. The van der Waals surface area contributed by atoms with Crippen molar-refractivity contribution in [2.45, 2.75) is 114 Å². The van der Waals surface area contributed by atoms with E-state index in [1.165, 1.54) is 0 Å². The lowest BCUT2D eigenvalue weighted by atomic mass is 9.49. The summed E-state index contributed by atoms with van der Waals surface area (Å²) >= 11 is 0. The summed E-state index contributed by atoms with van der Waals surface area (Å²) in [4.78, 5) is 12.5. The third kappa shape index (κ3) is 6.00. The lowest BCUT2D eigenvalue weighted by molar-refractivity contribution is -0.323. The van der Waals surface area contributed by atoms with Crippen LogP contribution in [0, 0.1) is 22.7 Å². The van der Waals surface area contributed by atoms with Gasteiger partial charge in [0.2, 0.25) is 0 Å². The highest BCUT2D eigenvalue weighted by Gasteiger charge is 2.73. The minimum atomic E-state index is -4.75. The fraction of sp³-hybridized carbons (Fsp3) is 0.615. The van der Waals surface area contributed by atoms with Crippen LogP contribution < -0.4 is 10.6 Å². The maximum absolute atomic E-state index is 14.7. The molecule has 4 aliphatic carbocycles. The van der Waals surface area contributed by atoms with Crippen molar-refractivity contribution in [2.24, 2.45) is 22.7 Å². The van der Waals surface area contributed by atoms with Gasteiger partial charge in [-0.15, -0.1) is 0 Å². The monoisotopic (exact) mass is 682 g/mol. The molecule has 1 heterocycles. The molecule has 0 aromatic heterocycles. The molecule has 1 saturated heterocycles. The topological polar surface area (TPSA) is 100 Å². The Morgan fingerprint density at radius 3 is 2.14 bits per heavy atom. The van der Waals surface area contributed by atoms with Gasteiger partial charge < -0.3 is 30.3 Å². The van der Waals surface area contributed by atoms with Gasteiger partial charge in [0.1, 0.15) is 0 Å². The number of rotatable bonds is 5. The van der Waals surface area contributed by atoms with Crippen molar-refractivity contribution in [3.05, 3.63) is 82.4 Å². The first-order valence-corrected chi connectivity index (χ1v) is 17.7. The first kappa shape index (κ1) is 34.5. The van der Waals surface area contributed by atoms with Crippen LogP contribution in [-0.2, 0) is 22.6 Å². The zero-order valence-electron chi connectivity index (χ0n) is 28.7. The lowest BCUT2D eigenvalue weighted by Gasteiger charge is -2.58. The molecule has 2 amide bonds. The van der Waals surface area contributed by atoms with Crippen LogP contribution in [0.15, 0.2) is 65.7 Å². The van der Waals surface area contributed by atoms with Crippen molar-refractivity contribution >= 4 is 6.03 Å². The van der Waals surface area contributed by atoms with Gasteiger partial charge in [-0.25, -0.2) is 4.79 Å². The van der Waals surface area contributed by atoms with E-state index in [4.69, 9.17) is 9.47 Å². The zero-order valence-corrected chi connectivity index (χ0v) is 28.7. The van der Waals surface area contributed by atoms with E-state index in [2.05, 4.69) is 24.5 Å². The third-order valence-corrected chi connectivity index (χ3v) is 12.6. The van der Waals surface area contributed by atoms with E-state index in [1.54, 1.807) is 6.92 Å². The molecule has 49 heavy (non-hydrogen) atoms. The van der Waals surface area contributed by atoms with Crippen molar-refractivity contribution in [1.82, 2.24) is 10.6 Å². The normalized spacial score (nSPS) is 34.9. The molecule has 3 saturated carbocycles. The fourth-order valence-electron chi connectivity index (χ4n) is 9.91. The Bertz CT molecular complexity index is 1580. The smallest absolute Gasteiger partial charge is 0.385 e. The number of carbonyl (C=O) groups is 1. The second-order valence-electron chi connectivity index (χ2n) is 16.4. The van der Waals surface area contributed by atoms with Crippen LogP contribution in [0.4, 0.5) is 18.0 Å². The Morgan fingerprint density at radius 2 is 1.51 bits per heavy atom. The minimum absolute atomic E-state index is 0.116. The van der Waals surface area contributed by atoms with Crippen LogP contribution in [0.25, 0.3) is 0 Å². The number of hydrogen-bond acceptors (Lipinski definition) is 5. The maximum Gasteiger partial charge on any atom is 0.417 e. The van der Waals surface area contributed by atoms with Crippen molar-refractivity contribution in [1.29, 1.82) is 0 Å². The zero-order chi connectivity index (χ0) is 34.9. The molecule has 2 aromatic rings. The maximum atomic E-state index is 14.7. The largest absolute Gasteiger partial charge is 0.417 e. The lowest BCUT2D eigenvalue weighted by Crippen LogP contribution is -2.60. The second-order valence-corrected chi connectivity index (χ2v) is 16.4. The number of urea groups is 1. The molecule has 1 aliphatic heterocycles. The quantitative estimate of drug-likeness (QED) is 0.249. The molecule has 266 valence electrons. The molecule has 6 unspecified atom stereocenters. The first-order chi connectivity index (χ1) is 23.1. The van der Waals surface area contributed by atoms with Crippen LogP contribution in [0.3, 0.4) is 0 Å². The average Bonchev–Trinajstić information content (AvgIpc) is 3.35. The van der Waals surface area contributed by atoms with Crippen molar-refractivity contribution in [2.75, 3.05) is 13.2 Å². The average molecular weight is 683 g/mol. The minimum Gasteiger partial charge on any atom is -0.385 e. The molecule has 5 aliphatic rings. The molecule has 0 radical (unpaired) electrons. The number of aliphatic hydroxyl groups is 2. The predicted molar refractivity (Wildman–Crippen MR) is 178 cm³/mol. The number of carbonyl (C=O) groups excluding carboxylic acids is 1. The highest BCUT2D eigenvalue weighted by Crippen LogP contribution is 2.70. The van der Waals surface area contributed by atoms with Crippen LogP contribution in [0.2, 0.25) is 0 Å². The van der Waals surface area contributed by atoms with E-state index in [-0.39, 0.29) is 42.7 Å². The molecule has 7 nitrogen and oxygen atoms in total. The Morgan fingerprint density at radius 1 is 0.878 bits per heavy atom. The Kier molecular flexibility index (Phi) is 8.53. The van der Waals surface area contributed by atoms with Crippen LogP contribution in [0.1, 0.15) is 94.7 Å². The van der Waals surface area contributed by atoms with E-state index >= 15 is 0 Å². The van der Waals surface area contributed by atoms with Gasteiger partial charge in [-0.2, -0.15) is 13.2 Å². The summed E-state index contributed by atoms with van der Waals surface area (Å²) in [6, 6.07) is 17.0. The summed E-state index contributed by atoms with van der Waals surface area (Å²) in [6.07, 6.45) is -2.24. The first-order valence-electron chi connectivity index (χ1n) is 17.7. The molecule has 0 bridgehead atoms. The summed E-state index contributed by atoms with van der Waals surface area (Å²) in [5.74, 6) is -1.80. The molecule has 7 rings (SSSR count). The molecule has 1 spiro atoms. The SMILES string of the molecule is CC1(C)COC2(CCC3=C4C(c5ccc(CNC(=O)NCc6ccccc6)cc5)CC5(C)C(CCC5(O)C(F)(F)F)C4CCC3(O)C2)OC1. The van der Waals surface area contributed by atoms with E-state index in [9.17, 15) is 28.2 Å². The summed E-state index contributed by atoms with van der Waals surface area (Å²) in [5.41, 5.74) is -0.759. The number of nitrogens with one attached hydrogen (secondary N) is 2. The number of alkyl halides is 3. The highest BCUT2D eigenvalue weighted by molar-refractivity contribution is 5.73. The summed E-state index contributed by atoms with van der Waals surface area (Å²) < 4.78 is 56.7. The van der Waals surface area contributed by atoms with Crippen LogP contribution in [-0.4, -0.2) is 52.6 Å². The standard InChI is InChI=1S/C39H49F3N2O5/c1-34(2)23-48-37(49-24-34)17-14-31-32-28(13-16-36(31,46)22-37)30-15-18-38(47,39(40,41)42)35(30,3)19-29(32)27-11-9-26(10-12-27)21-44-33(45)43-20-25-7-5-4-6-8-25/h4-12,28-30,46-47H,13-24H2,1-3H3,(H2,43,44,45). The Balaban J connectivity index is 1.17. The van der Waals surface area contributed by atoms with Gasteiger partial charge in [-0.05, 0) is 72.6 Å². The summed E-state index contributed by atoms with van der Waals surface area (Å²) in [5, 5.41) is 29.5. The van der Waals surface area contributed by atoms with Crippen molar-refractivity contribution in [3.63, 3.8) is 0 Å². The molecule has 6 atom stereocenters. The van der Waals surface area contributed by atoms with Gasteiger partial charge in [-0.3, -0.25) is 0 Å². The van der Waals surface area contributed by atoms with Gasteiger partial charge >= 0.3 is 12.2 Å². The van der Waals surface area contributed by atoms with Crippen molar-refractivity contribution in [3.8, 4) is 0 Å². The van der Waals surface area contributed by atoms with Gasteiger partial charge in [0, 0.05) is 42.7 Å². The third-order valence-electron chi connectivity index (χ3n) is 12.6. The van der Waals surface area contributed by atoms with Gasteiger partial charge in [0.15, 0.2) is 11.4 Å². The number of ether oxygens (including phenoxy) is 2. The Hall–Kier alpha value is -2.92. The second kappa shape index (κ2) is 12.1. The molecular formula is C39H49F3N2O5. The number of halogens is 3. The van der Waals surface area contributed by atoms with E-state index in [1.807, 2.05) is 54.6 Å². The summed E-state index contributed by atoms with van der Waals surface area (Å²) in [7, 11) is 0.